The lowest BCUT2D eigenvalue weighted by atomic mass is 10.1. The summed E-state index contributed by atoms with van der Waals surface area (Å²) in [4.78, 5) is 0. The highest BCUT2D eigenvalue weighted by Crippen LogP contribution is 1.95. The van der Waals surface area contributed by atoms with Crippen LogP contribution >= 0.6 is 22.9 Å². The van der Waals surface area contributed by atoms with E-state index >= 15 is 0 Å². The molecule has 62 valence electrons. The molecular formula is C6H11IN4. The minimum absolute atomic E-state index is 0.538. The molecule has 0 amide bonds. The Morgan fingerprint density at radius 1 is 1.36 bits per heavy atom. The fourth-order valence-corrected chi connectivity index (χ4v) is 0.716. The largest absolute Gasteiger partial charge is 0.303 e. The maximum absolute atomic E-state index is 7.44. The summed E-state index contributed by atoms with van der Waals surface area (Å²) in [6.07, 6.45) is 1.44. The Morgan fingerprint density at radius 3 is 2.36 bits per heavy atom. The van der Waals surface area contributed by atoms with Gasteiger partial charge in [0.25, 0.3) is 0 Å². The lowest BCUT2D eigenvalue weighted by molar-refractivity contribution is 1.10. The molecule has 0 aromatic carbocycles. The van der Waals surface area contributed by atoms with Gasteiger partial charge < -0.3 is 5.41 Å². The van der Waals surface area contributed by atoms with Gasteiger partial charge in [0.05, 0.1) is 11.4 Å². The van der Waals surface area contributed by atoms with Crippen LogP contribution in [0.1, 0.15) is 26.7 Å². The van der Waals surface area contributed by atoms with Crippen molar-refractivity contribution in [3.05, 3.63) is 0 Å². The molecule has 0 saturated carbocycles. The first-order valence-corrected chi connectivity index (χ1v) is 4.38. The summed E-state index contributed by atoms with van der Waals surface area (Å²) in [7, 11) is 0. The van der Waals surface area contributed by atoms with E-state index in [0.717, 1.165) is 6.42 Å². The second-order valence-electron chi connectivity index (χ2n) is 1.90. The lowest BCUT2D eigenvalue weighted by Gasteiger charge is -1.98. The summed E-state index contributed by atoms with van der Waals surface area (Å²) in [6.45, 7) is 3.88. The van der Waals surface area contributed by atoms with Crippen LogP contribution in [0.15, 0.2) is 13.7 Å². The van der Waals surface area contributed by atoms with Gasteiger partial charge in [-0.1, -0.05) is 17.2 Å². The van der Waals surface area contributed by atoms with E-state index < -0.39 is 0 Å². The molecule has 0 unspecified atom stereocenters. The molecule has 0 aliphatic rings. The summed E-state index contributed by atoms with van der Waals surface area (Å²) in [6, 6.07) is 0. The van der Waals surface area contributed by atoms with E-state index in [1.165, 1.54) is 0 Å². The summed E-state index contributed by atoms with van der Waals surface area (Å²) in [5, 5.41) is 14.7. The molecule has 0 fully saturated rings. The standard InChI is InChI=1S/C6H11IN4/c1-3-5(8)6(4-2)9-11-10-7/h8H,3-4H2,1-2H3/b8-5?,9-6-,11-10?. The molecule has 4 nitrogen and oxygen atoms in total. The maximum Gasteiger partial charge on any atom is 0.113 e. The molecule has 0 aliphatic carbocycles. The summed E-state index contributed by atoms with van der Waals surface area (Å²) >= 11 is 1.75. The van der Waals surface area contributed by atoms with Gasteiger partial charge in [-0.15, -0.1) is 5.10 Å². The predicted octanol–water partition coefficient (Wildman–Crippen LogP) is 2.98. The Kier molecular flexibility index (Phi) is 6.19. The van der Waals surface area contributed by atoms with Crippen LogP contribution in [-0.4, -0.2) is 11.4 Å². The molecule has 0 radical (unpaired) electrons. The van der Waals surface area contributed by atoms with Crippen molar-refractivity contribution in [1.29, 1.82) is 5.41 Å². The highest BCUT2D eigenvalue weighted by atomic mass is 127. The van der Waals surface area contributed by atoms with Crippen LogP contribution in [0.3, 0.4) is 0 Å². The molecule has 0 saturated heterocycles. The quantitative estimate of drug-likeness (QED) is 0.352. The molecule has 11 heavy (non-hydrogen) atoms. The molecule has 5 heteroatoms. The van der Waals surface area contributed by atoms with Gasteiger partial charge in [0, 0.05) is 0 Å². The minimum Gasteiger partial charge on any atom is -0.303 e. The van der Waals surface area contributed by atoms with Crippen LogP contribution < -0.4 is 0 Å². The summed E-state index contributed by atoms with van der Waals surface area (Å²) in [5.74, 6) is 0. The van der Waals surface area contributed by atoms with E-state index in [1.807, 2.05) is 13.8 Å². The fraction of sp³-hybridized carbons (Fsp3) is 0.667. The third-order valence-electron chi connectivity index (χ3n) is 1.24. The second kappa shape index (κ2) is 6.38. The number of nitrogens with one attached hydrogen (secondary N) is 1. The molecule has 0 bridgehead atoms. The van der Waals surface area contributed by atoms with E-state index in [1.54, 1.807) is 22.9 Å². The van der Waals surface area contributed by atoms with Gasteiger partial charge in [0.1, 0.15) is 22.9 Å². The Balaban J connectivity index is 4.26. The Labute approximate surface area is 80.2 Å². The average molecular weight is 266 g/mol. The van der Waals surface area contributed by atoms with Gasteiger partial charge in [0.2, 0.25) is 0 Å². The molecule has 0 heterocycles. The van der Waals surface area contributed by atoms with Crippen LogP contribution in [0.25, 0.3) is 0 Å². The number of hydrogen-bond donors (Lipinski definition) is 1. The summed E-state index contributed by atoms with van der Waals surface area (Å²) in [5.41, 5.74) is 1.25. The topological polar surface area (TPSA) is 60.9 Å². The van der Waals surface area contributed by atoms with E-state index in [4.69, 9.17) is 5.41 Å². The number of rotatable bonds is 4. The van der Waals surface area contributed by atoms with Crippen LogP contribution in [0.2, 0.25) is 0 Å². The Morgan fingerprint density at radius 2 is 2.00 bits per heavy atom. The second-order valence-corrected chi connectivity index (χ2v) is 2.33. The zero-order valence-corrected chi connectivity index (χ0v) is 8.79. The smallest absolute Gasteiger partial charge is 0.113 e. The van der Waals surface area contributed by atoms with Crippen molar-refractivity contribution in [3.8, 4) is 0 Å². The molecule has 0 rings (SSSR count). The van der Waals surface area contributed by atoms with E-state index in [2.05, 4.69) is 13.7 Å². The molecule has 0 spiro atoms. The van der Waals surface area contributed by atoms with Crippen LogP contribution in [0, 0.1) is 5.41 Å². The van der Waals surface area contributed by atoms with Crippen molar-refractivity contribution in [2.24, 2.45) is 13.7 Å². The van der Waals surface area contributed by atoms with Crippen molar-refractivity contribution < 1.29 is 0 Å². The third-order valence-corrected chi connectivity index (χ3v) is 1.43. The van der Waals surface area contributed by atoms with Crippen molar-refractivity contribution in [2.45, 2.75) is 26.7 Å². The van der Waals surface area contributed by atoms with Crippen LogP contribution in [0.4, 0.5) is 0 Å². The van der Waals surface area contributed by atoms with Gasteiger partial charge in [-0.05, 0) is 18.1 Å². The number of hydrogen-bond acceptors (Lipinski definition) is 3. The molecule has 0 aromatic rings. The lowest BCUT2D eigenvalue weighted by Crippen LogP contribution is -2.09. The maximum atomic E-state index is 7.44. The number of nitrogens with zero attached hydrogens (tertiary/aromatic N) is 3. The Hall–Kier alpha value is -0.330. The summed E-state index contributed by atoms with van der Waals surface area (Å²) < 4.78 is 3.45. The van der Waals surface area contributed by atoms with Gasteiger partial charge in [0.15, 0.2) is 0 Å². The minimum atomic E-state index is 0.538. The van der Waals surface area contributed by atoms with Crippen molar-refractivity contribution in [2.75, 3.05) is 0 Å². The van der Waals surface area contributed by atoms with Gasteiger partial charge in [-0.25, -0.2) is 0 Å². The SMILES string of the molecule is CCC(=N)/C(CC)=N\N=NI. The van der Waals surface area contributed by atoms with Crippen molar-refractivity contribution in [3.63, 3.8) is 0 Å². The third kappa shape index (κ3) is 4.18. The van der Waals surface area contributed by atoms with E-state index in [0.29, 0.717) is 17.8 Å². The van der Waals surface area contributed by atoms with Crippen LogP contribution in [-0.2, 0) is 0 Å². The van der Waals surface area contributed by atoms with E-state index in [-0.39, 0.29) is 0 Å². The monoisotopic (exact) mass is 266 g/mol. The van der Waals surface area contributed by atoms with Gasteiger partial charge in [-0.3, -0.25) is 0 Å². The molecule has 0 atom stereocenters. The normalized spacial score (nSPS) is 12.5. The number of halogens is 1. The highest BCUT2D eigenvalue weighted by Gasteiger charge is 2.00. The molecule has 1 N–H and O–H groups in total. The van der Waals surface area contributed by atoms with Gasteiger partial charge >= 0.3 is 0 Å². The molecule has 0 aromatic heterocycles. The highest BCUT2D eigenvalue weighted by molar-refractivity contribution is 14.1. The zero-order chi connectivity index (χ0) is 8.69. The van der Waals surface area contributed by atoms with Gasteiger partial charge in [-0.2, -0.15) is 0 Å². The fourth-order valence-electron chi connectivity index (χ4n) is 0.619. The van der Waals surface area contributed by atoms with Crippen LogP contribution in [0.5, 0.6) is 0 Å². The predicted molar refractivity (Wildman–Crippen MR) is 54.6 cm³/mol. The van der Waals surface area contributed by atoms with E-state index in [9.17, 15) is 0 Å². The zero-order valence-electron chi connectivity index (χ0n) is 6.63. The first-order valence-electron chi connectivity index (χ1n) is 3.41. The Bertz CT molecular complexity index is 185. The van der Waals surface area contributed by atoms with Crippen molar-refractivity contribution in [1.82, 2.24) is 0 Å². The van der Waals surface area contributed by atoms with Crippen molar-refractivity contribution >= 4 is 34.3 Å². The molecule has 0 aliphatic heterocycles. The first kappa shape index (κ1) is 10.7. The average Bonchev–Trinajstić information content (AvgIpc) is 2.05. The molecular weight excluding hydrogens is 255 g/mol. The first-order chi connectivity index (χ1) is 5.26.